The predicted molar refractivity (Wildman–Crippen MR) is 83.0 cm³/mol. The van der Waals surface area contributed by atoms with Crippen LogP contribution in [0.4, 0.5) is 11.6 Å². The lowest BCUT2D eigenvalue weighted by atomic mass is 10.2. The van der Waals surface area contributed by atoms with Gasteiger partial charge in [0, 0.05) is 32.1 Å². The van der Waals surface area contributed by atoms with Gasteiger partial charge in [0.1, 0.15) is 17.5 Å². The van der Waals surface area contributed by atoms with Gasteiger partial charge >= 0.3 is 0 Å². The van der Waals surface area contributed by atoms with Crippen LogP contribution in [0, 0.1) is 0 Å². The summed E-state index contributed by atoms with van der Waals surface area (Å²) in [7, 11) is 2.11. The van der Waals surface area contributed by atoms with Crippen LogP contribution in [0.15, 0.2) is 6.07 Å². The van der Waals surface area contributed by atoms with Crippen molar-refractivity contribution in [2.45, 2.75) is 59.4 Å². The Morgan fingerprint density at radius 1 is 1.21 bits per heavy atom. The van der Waals surface area contributed by atoms with E-state index >= 15 is 0 Å². The zero-order valence-corrected chi connectivity index (χ0v) is 13.0. The molecule has 1 aromatic rings. The topological polar surface area (TPSA) is 41.0 Å². The molecule has 0 fully saturated rings. The smallest absolute Gasteiger partial charge is 0.134 e. The molecule has 1 unspecified atom stereocenters. The number of hydrogen-bond donors (Lipinski definition) is 1. The Morgan fingerprint density at radius 2 is 1.95 bits per heavy atom. The molecular weight excluding hydrogens is 236 g/mol. The van der Waals surface area contributed by atoms with E-state index in [9.17, 15) is 0 Å². The quantitative estimate of drug-likeness (QED) is 0.780. The Bertz CT molecular complexity index is 378. The van der Waals surface area contributed by atoms with Crippen molar-refractivity contribution < 1.29 is 0 Å². The minimum absolute atomic E-state index is 0.489. The highest BCUT2D eigenvalue weighted by atomic mass is 15.2. The maximum atomic E-state index is 4.67. The van der Waals surface area contributed by atoms with Crippen LogP contribution in [0.2, 0.25) is 0 Å². The van der Waals surface area contributed by atoms with Crippen molar-refractivity contribution in [1.29, 1.82) is 0 Å². The van der Waals surface area contributed by atoms with Crippen molar-refractivity contribution in [2.24, 2.45) is 0 Å². The summed E-state index contributed by atoms with van der Waals surface area (Å²) in [5.41, 5.74) is 0. The van der Waals surface area contributed by atoms with Crippen molar-refractivity contribution in [1.82, 2.24) is 9.97 Å². The lowest BCUT2D eigenvalue weighted by Crippen LogP contribution is -2.29. The maximum absolute atomic E-state index is 4.67. The van der Waals surface area contributed by atoms with Crippen LogP contribution in [0.3, 0.4) is 0 Å². The second-order valence-corrected chi connectivity index (χ2v) is 5.07. The molecule has 0 aliphatic carbocycles. The first-order chi connectivity index (χ1) is 9.12. The van der Waals surface area contributed by atoms with Gasteiger partial charge in [-0.05, 0) is 26.2 Å². The molecule has 1 rings (SSSR count). The molecule has 4 nitrogen and oxygen atoms in total. The van der Waals surface area contributed by atoms with Gasteiger partial charge in [-0.3, -0.25) is 0 Å². The normalized spacial score (nSPS) is 12.3. The van der Waals surface area contributed by atoms with Crippen LogP contribution in [-0.2, 0) is 6.42 Å². The molecule has 1 N–H and O–H groups in total. The maximum Gasteiger partial charge on any atom is 0.134 e. The van der Waals surface area contributed by atoms with E-state index in [1.165, 1.54) is 0 Å². The van der Waals surface area contributed by atoms with E-state index in [1.807, 2.05) is 0 Å². The van der Waals surface area contributed by atoms with Gasteiger partial charge < -0.3 is 10.2 Å². The zero-order chi connectivity index (χ0) is 14.3. The molecule has 0 spiro atoms. The summed E-state index contributed by atoms with van der Waals surface area (Å²) < 4.78 is 0. The number of anilines is 2. The molecular formula is C15H28N4. The van der Waals surface area contributed by atoms with Gasteiger partial charge in [-0.25, -0.2) is 9.97 Å². The predicted octanol–water partition coefficient (Wildman–Crippen LogP) is 3.49. The average Bonchev–Trinajstić information content (AvgIpc) is 2.43. The van der Waals surface area contributed by atoms with Crippen molar-refractivity contribution >= 4 is 11.6 Å². The number of rotatable bonds is 8. The fourth-order valence-electron chi connectivity index (χ4n) is 1.84. The number of nitrogens with one attached hydrogen (secondary N) is 1. The highest BCUT2D eigenvalue weighted by Crippen LogP contribution is 2.18. The summed E-state index contributed by atoms with van der Waals surface area (Å²) in [6, 6.07) is 2.55. The Hall–Kier alpha value is -1.32. The van der Waals surface area contributed by atoms with Crippen molar-refractivity contribution in [3.05, 3.63) is 11.9 Å². The van der Waals surface area contributed by atoms with Crippen LogP contribution in [0.5, 0.6) is 0 Å². The average molecular weight is 264 g/mol. The van der Waals surface area contributed by atoms with Gasteiger partial charge in [0.15, 0.2) is 0 Å². The van der Waals surface area contributed by atoms with Crippen molar-refractivity contribution in [2.75, 3.05) is 23.8 Å². The van der Waals surface area contributed by atoms with E-state index in [4.69, 9.17) is 0 Å². The number of aryl methyl sites for hydroxylation is 1. The molecule has 0 amide bonds. The highest BCUT2D eigenvalue weighted by Gasteiger charge is 2.12. The molecule has 0 bridgehead atoms. The summed E-state index contributed by atoms with van der Waals surface area (Å²) in [4.78, 5) is 11.5. The molecule has 0 aliphatic rings. The molecule has 0 radical (unpaired) electrons. The summed E-state index contributed by atoms with van der Waals surface area (Å²) in [6.45, 7) is 9.70. The second-order valence-electron chi connectivity index (χ2n) is 5.07. The summed E-state index contributed by atoms with van der Waals surface area (Å²) in [5, 5.41) is 3.37. The Labute approximate surface area is 117 Å². The SMILES string of the molecule is CCCNc1cc(N(C)C(C)CC)nc(CCC)n1. The van der Waals surface area contributed by atoms with E-state index in [-0.39, 0.29) is 0 Å². The molecule has 4 heteroatoms. The van der Waals surface area contributed by atoms with Crippen LogP contribution in [-0.4, -0.2) is 29.6 Å². The van der Waals surface area contributed by atoms with E-state index in [0.29, 0.717) is 6.04 Å². The first-order valence-corrected chi connectivity index (χ1v) is 7.46. The van der Waals surface area contributed by atoms with Gasteiger partial charge in [-0.2, -0.15) is 0 Å². The van der Waals surface area contributed by atoms with E-state index in [0.717, 1.165) is 49.7 Å². The monoisotopic (exact) mass is 264 g/mol. The number of aromatic nitrogens is 2. The lowest BCUT2D eigenvalue weighted by Gasteiger charge is -2.25. The molecule has 0 aromatic carbocycles. The third kappa shape index (κ3) is 4.69. The van der Waals surface area contributed by atoms with E-state index < -0.39 is 0 Å². The van der Waals surface area contributed by atoms with Gasteiger partial charge in [-0.15, -0.1) is 0 Å². The van der Waals surface area contributed by atoms with Crippen LogP contribution in [0.25, 0.3) is 0 Å². The van der Waals surface area contributed by atoms with E-state index in [2.05, 4.69) is 61.0 Å². The van der Waals surface area contributed by atoms with Crippen molar-refractivity contribution in [3.8, 4) is 0 Å². The molecule has 0 saturated carbocycles. The fourth-order valence-corrected chi connectivity index (χ4v) is 1.84. The molecule has 1 aromatic heterocycles. The fraction of sp³-hybridized carbons (Fsp3) is 0.733. The van der Waals surface area contributed by atoms with Crippen molar-refractivity contribution in [3.63, 3.8) is 0 Å². The Morgan fingerprint density at radius 3 is 2.53 bits per heavy atom. The van der Waals surface area contributed by atoms with Crippen LogP contribution in [0.1, 0.15) is 52.8 Å². The van der Waals surface area contributed by atoms with Gasteiger partial charge in [0.25, 0.3) is 0 Å². The molecule has 108 valence electrons. The molecule has 0 aliphatic heterocycles. The summed E-state index contributed by atoms with van der Waals surface area (Å²) in [6.07, 6.45) is 4.22. The van der Waals surface area contributed by atoms with E-state index in [1.54, 1.807) is 0 Å². The lowest BCUT2D eigenvalue weighted by molar-refractivity contribution is 0.653. The van der Waals surface area contributed by atoms with Crippen LogP contribution >= 0.6 is 0 Å². The van der Waals surface area contributed by atoms with Crippen LogP contribution < -0.4 is 10.2 Å². The highest BCUT2D eigenvalue weighted by molar-refractivity contribution is 5.49. The molecule has 1 heterocycles. The second kappa shape index (κ2) is 7.97. The largest absolute Gasteiger partial charge is 0.370 e. The summed E-state index contributed by atoms with van der Waals surface area (Å²) >= 11 is 0. The third-order valence-corrected chi connectivity index (χ3v) is 3.40. The first-order valence-electron chi connectivity index (χ1n) is 7.46. The zero-order valence-electron chi connectivity index (χ0n) is 13.0. The summed E-state index contributed by atoms with van der Waals surface area (Å²) in [5.74, 6) is 2.91. The Kier molecular flexibility index (Phi) is 6.60. The Balaban J connectivity index is 2.97. The molecule has 0 saturated heterocycles. The van der Waals surface area contributed by atoms with Gasteiger partial charge in [-0.1, -0.05) is 20.8 Å². The number of hydrogen-bond acceptors (Lipinski definition) is 4. The number of nitrogens with zero attached hydrogens (tertiary/aromatic N) is 3. The first kappa shape index (κ1) is 15.7. The van der Waals surface area contributed by atoms with Gasteiger partial charge in [0.2, 0.25) is 0 Å². The molecule has 1 atom stereocenters. The third-order valence-electron chi connectivity index (χ3n) is 3.40. The standard InChI is InChI=1S/C15H28N4/c1-6-9-13-17-14(16-10-7-2)11-15(18-13)19(5)12(4)8-3/h11-12H,6-10H2,1-5H3,(H,16,17,18). The molecule has 19 heavy (non-hydrogen) atoms. The minimum Gasteiger partial charge on any atom is -0.370 e. The minimum atomic E-state index is 0.489. The van der Waals surface area contributed by atoms with Gasteiger partial charge in [0.05, 0.1) is 0 Å².